The normalized spacial score (nSPS) is 37.8. The van der Waals surface area contributed by atoms with Gasteiger partial charge in [0.05, 0.1) is 0 Å². The number of alkyl halides is 3. The Hall–Kier alpha value is -1.33. The summed E-state index contributed by atoms with van der Waals surface area (Å²) in [4.78, 5) is 7.59. The van der Waals surface area contributed by atoms with Crippen LogP contribution < -0.4 is 5.32 Å². The van der Waals surface area contributed by atoms with Crippen molar-refractivity contribution in [3.05, 3.63) is 18.0 Å². The second-order valence-electron chi connectivity index (χ2n) is 6.67. The second kappa shape index (κ2) is 4.58. The Morgan fingerprint density at radius 2 is 1.90 bits per heavy atom. The van der Waals surface area contributed by atoms with Crippen LogP contribution in [0, 0.1) is 23.7 Å². The molecule has 0 spiro atoms. The lowest BCUT2D eigenvalue weighted by Gasteiger charge is -2.32. The number of aromatic nitrogens is 2. The number of nitrogens with zero attached hydrogens (tertiary/aromatic N) is 2. The van der Waals surface area contributed by atoms with Gasteiger partial charge in [0.1, 0.15) is 5.69 Å². The molecule has 1 aromatic heterocycles. The Morgan fingerprint density at radius 3 is 2.71 bits per heavy atom. The van der Waals surface area contributed by atoms with E-state index in [9.17, 15) is 13.2 Å². The largest absolute Gasteiger partial charge is 0.433 e. The topological polar surface area (TPSA) is 37.8 Å². The maximum atomic E-state index is 12.7. The molecular weight excluding hydrogens is 279 g/mol. The number of hydrogen-bond donors (Lipinski definition) is 1. The minimum absolute atomic E-state index is 0.122. The van der Waals surface area contributed by atoms with Gasteiger partial charge in [-0.05, 0) is 55.4 Å². The van der Waals surface area contributed by atoms with Crippen LogP contribution in [0.3, 0.4) is 0 Å². The van der Waals surface area contributed by atoms with Crippen LogP contribution >= 0.6 is 0 Å². The third-order valence-corrected chi connectivity index (χ3v) is 5.69. The van der Waals surface area contributed by atoms with Gasteiger partial charge in [-0.15, -0.1) is 0 Å². The highest BCUT2D eigenvalue weighted by Crippen LogP contribution is 2.59. The minimum atomic E-state index is -4.41. The molecule has 6 heteroatoms. The molecule has 0 amide bonds. The lowest BCUT2D eigenvalue weighted by atomic mass is 9.79. The molecule has 4 rings (SSSR count). The first-order valence-electron chi connectivity index (χ1n) is 7.69. The fraction of sp³-hybridized carbons (Fsp3) is 0.733. The van der Waals surface area contributed by atoms with E-state index < -0.39 is 11.9 Å². The molecule has 0 aliphatic heterocycles. The summed E-state index contributed by atoms with van der Waals surface area (Å²) in [6.07, 6.45) is 3.01. The average molecular weight is 297 g/mol. The lowest BCUT2D eigenvalue weighted by Crippen LogP contribution is -2.34. The minimum Gasteiger partial charge on any atom is -0.351 e. The van der Waals surface area contributed by atoms with Gasteiger partial charge in [0.15, 0.2) is 0 Å². The van der Waals surface area contributed by atoms with Gasteiger partial charge in [0.2, 0.25) is 5.95 Å². The monoisotopic (exact) mass is 297 g/mol. The van der Waals surface area contributed by atoms with Gasteiger partial charge in [-0.2, -0.15) is 13.2 Å². The zero-order chi connectivity index (χ0) is 14.6. The number of hydrogen-bond acceptors (Lipinski definition) is 3. The predicted octanol–water partition coefficient (Wildman–Crippen LogP) is 3.73. The molecule has 3 fully saturated rings. The molecule has 3 aliphatic rings. The van der Waals surface area contributed by atoms with Crippen LogP contribution in [0.1, 0.15) is 37.8 Å². The Balaban J connectivity index is 1.50. The van der Waals surface area contributed by atoms with E-state index in [0.717, 1.165) is 30.2 Å². The summed E-state index contributed by atoms with van der Waals surface area (Å²) in [5.41, 5.74) is -0.873. The van der Waals surface area contributed by atoms with Gasteiger partial charge < -0.3 is 5.32 Å². The molecular formula is C15H18F3N3. The van der Waals surface area contributed by atoms with Crippen molar-refractivity contribution >= 4 is 5.95 Å². The molecule has 3 aliphatic carbocycles. The highest BCUT2D eigenvalue weighted by atomic mass is 19.4. The maximum absolute atomic E-state index is 12.7. The number of anilines is 1. The summed E-state index contributed by atoms with van der Waals surface area (Å²) in [6.45, 7) is 0. The molecule has 114 valence electrons. The first-order valence-corrected chi connectivity index (χ1v) is 7.69. The summed E-state index contributed by atoms with van der Waals surface area (Å²) in [5.74, 6) is 3.12. The van der Waals surface area contributed by atoms with Gasteiger partial charge in [0, 0.05) is 12.2 Å². The molecule has 3 saturated carbocycles. The zero-order valence-corrected chi connectivity index (χ0v) is 11.6. The number of nitrogens with one attached hydrogen (secondary N) is 1. The van der Waals surface area contributed by atoms with Crippen molar-refractivity contribution in [1.29, 1.82) is 0 Å². The van der Waals surface area contributed by atoms with Crippen molar-refractivity contribution in [2.24, 2.45) is 23.7 Å². The fourth-order valence-corrected chi connectivity index (χ4v) is 4.99. The van der Waals surface area contributed by atoms with Crippen LogP contribution in [0.4, 0.5) is 19.1 Å². The lowest BCUT2D eigenvalue weighted by molar-refractivity contribution is -0.141. The summed E-state index contributed by atoms with van der Waals surface area (Å²) >= 11 is 0. The van der Waals surface area contributed by atoms with E-state index in [0.29, 0.717) is 5.92 Å². The molecule has 21 heavy (non-hydrogen) atoms. The first-order chi connectivity index (χ1) is 10.0. The fourth-order valence-electron chi connectivity index (χ4n) is 4.99. The number of fused-ring (bicyclic) bond motifs is 5. The molecule has 0 unspecified atom stereocenters. The maximum Gasteiger partial charge on any atom is 0.433 e. The van der Waals surface area contributed by atoms with Crippen LogP contribution in [0.2, 0.25) is 0 Å². The van der Waals surface area contributed by atoms with Crippen LogP contribution in [0.25, 0.3) is 0 Å². The van der Waals surface area contributed by atoms with Crippen LogP contribution in [-0.2, 0) is 6.18 Å². The second-order valence-corrected chi connectivity index (χ2v) is 6.67. The van der Waals surface area contributed by atoms with Crippen molar-refractivity contribution in [2.75, 3.05) is 5.32 Å². The Bertz CT molecular complexity index is 545. The van der Waals surface area contributed by atoms with E-state index in [2.05, 4.69) is 15.3 Å². The summed E-state index contributed by atoms with van der Waals surface area (Å²) in [6, 6.07) is 1.16. The van der Waals surface area contributed by atoms with Crippen LogP contribution in [0.5, 0.6) is 0 Å². The van der Waals surface area contributed by atoms with Crippen molar-refractivity contribution < 1.29 is 13.2 Å². The van der Waals surface area contributed by atoms with E-state index in [-0.39, 0.29) is 12.0 Å². The third kappa shape index (κ3) is 2.19. The van der Waals surface area contributed by atoms with E-state index in [1.807, 2.05) is 0 Å². The smallest absolute Gasteiger partial charge is 0.351 e. The number of halogens is 3. The van der Waals surface area contributed by atoms with Crippen molar-refractivity contribution in [3.8, 4) is 0 Å². The zero-order valence-electron chi connectivity index (χ0n) is 11.6. The number of rotatable bonds is 2. The van der Waals surface area contributed by atoms with E-state index in [4.69, 9.17) is 0 Å². The molecule has 2 bridgehead atoms. The van der Waals surface area contributed by atoms with Crippen molar-refractivity contribution in [3.63, 3.8) is 0 Å². The van der Waals surface area contributed by atoms with Gasteiger partial charge in [-0.25, -0.2) is 9.97 Å². The van der Waals surface area contributed by atoms with E-state index in [1.165, 1.54) is 31.9 Å². The Morgan fingerprint density at radius 1 is 1.10 bits per heavy atom. The molecule has 5 atom stereocenters. The van der Waals surface area contributed by atoms with E-state index in [1.54, 1.807) is 0 Å². The molecule has 0 aromatic carbocycles. The summed E-state index contributed by atoms with van der Waals surface area (Å²) in [5, 5.41) is 3.18. The Labute approximate surface area is 121 Å². The molecule has 0 saturated heterocycles. The first kappa shape index (κ1) is 13.3. The van der Waals surface area contributed by atoms with Crippen molar-refractivity contribution in [1.82, 2.24) is 9.97 Å². The van der Waals surface area contributed by atoms with Gasteiger partial charge in [-0.3, -0.25) is 0 Å². The van der Waals surface area contributed by atoms with Crippen LogP contribution in [-0.4, -0.2) is 16.0 Å². The average Bonchev–Trinajstić information content (AvgIpc) is 3.09. The Kier molecular flexibility index (Phi) is 2.91. The SMILES string of the molecule is FC(F)(F)c1ccnc(N[C@@H]2C[C@H]3C[C@H]2[C@@H]2CCC[C@H]32)n1. The quantitative estimate of drug-likeness (QED) is 0.904. The predicted molar refractivity (Wildman–Crippen MR) is 71.5 cm³/mol. The third-order valence-electron chi connectivity index (χ3n) is 5.69. The highest BCUT2D eigenvalue weighted by Gasteiger charge is 2.53. The molecule has 0 radical (unpaired) electrons. The van der Waals surface area contributed by atoms with Crippen molar-refractivity contribution in [2.45, 2.75) is 44.3 Å². The van der Waals surface area contributed by atoms with Gasteiger partial charge in [0.25, 0.3) is 0 Å². The van der Waals surface area contributed by atoms with E-state index >= 15 is 0 Å². The highest BCUT2D eigenvalue weighted by molar-refractivity contribution is 5.30. The molecule has 3 nitrogen and oxygen atoms in total. The molecule has 1 N–H and O–H groups in total. The molecule has 1 aromatic rings. The summed E-state index contributed by atoms with van der Waals surface area (Å²) in [7, 11) is 0. The standard InChI is InChI=1S/C15H18F3N3/c16-15(17,18)13-4-5-19-14(21-13)20-12-7-8-6-11(12)10-3-1-2-9(8)10/h4-5,8-12H,1-3,6-7H2,(H,19,20,21)/t8-,9-,10-,11+,12-/m1/s1. The van der Waals surface area contributed by atoms with Gasteiger partial charge >= 0.3 is 6.18 Å². The van der Waals surface area contributed by atoms with Gasteiger partial charge in [-0.1, -0.05) is 6.42 Å². The summed E-state index contributed by atoms with van der Waals surface area (Å²) < 4.78 is 38.1. The molecule has 1 heterocycles. The van der Waals surface area contributed by atoms with Crippen LogP contribution in [0.15, 0.2) is 12.3 Å².